The van der Waals surface area contributed by atoms with E-state index in [4.69, 9.17) is 4.42 Å². The van der Waals surface area contributed by atoms with Crippen LogP contribution in [0.25, 0.3) is 0 Å². The van der Waals surface area contributed by atoms with Crippen molar-refractivity contribution in [1.29, 1.82) is 0 Å². The van der Waals surface area contributed by atoms with E-state index in [1.165, 1.54) is 23.7 Å². The summed E-state index contributed by atoms with van der Waals surface area (Å²) in [6.07, 6.45) is 4.74. The zero-order chi connectivity index (χ0) is 19.1. The third-order valence-corrected chi connectivity index (χ3v) is 4.82. The number of hydrogen-bond acceptors (Lipinski definition) is 5. The van der Waals surface area contributed by atoms with Crippen molar-refractivity contribution < 1.29 is 14.0 Å². The fourth-order valence-electron chi connectivity index (χ4n) is 2.45. The number of carbonyl (C=O) groups is 2. The Bertz CT molecular complexity index is 959. The first-order valence-corrected chi connectivity index (χ1v) is 9.33. The van der Waals surface area contributed by atoms with Crippen LogP contribution < -0.4 is 16.2 Å². The number of thiophene rings is 1. The van der Waals surface area contributed by atoms with E-state index < -0.39 is 0 Å². The molecule has 3 heterocycles. The van der Waals surface area contributed by atoms with Crippen molar-refractivity contribution >= 4 is 28.2 Å². The predicted molar refractivity (Wildman–Crippen MR) is 103 cm³/mol. The molecular weight excluding hydrogens is 366 g/mol. The van der Waals surface area contributed by atoms with Gasteiger partial charge in [0, 0.05) is 25.4 Å². The molecular formula is C19H19N3O4S. The highest BCUT2D eigenvalue weighted by Crippen LogP contribution is 2.22. The minimum Gasteiger partial charge on any atom is -0.459 e. The summed E-state index contributed by atoms with van der Waals surface area (Å²) >= 11 is 1.20. The summed E-state index contributed by atoms with van der Waals surface area (Å²) in [7, 11) is 0. The van der Waals surface area contributed by atoms with Crippen LogP contribution in [-0.4, -0.2) is 22.9 Å². The molecule has 0 radical (unpaired) electrons. The summed E-state index contributed by atoms with van der Waals surface area (Å²) in [5, 5.41) is 6.11. The topological polar surface area (TPSA) is 93.3 Å². The van der Waals surface area contributed by atoms with Gasteiger partial charge in [-0.3, -0.25) is 14.4 Å². The van der Waals surface area contributed by atoms with Crippen LogP contribution in [0.2, 0.25) is 0 Å². The lowest BCUT2D eigenvalue weighted by Gasteiger charge is -2.06. The Labute approximate surface area is 159 Å². The zero-order valence-corrected chi connectivity index (χ0v) is 15.3. The normalized spacial score (nSPS) is 10.5. The summed E-state index contributed by atoms with van der Waals surface area (Å²) < 4.78 is 6.68. The number of furan rings is 1. The van der Waals surface area contributed by atoms with Crippen molar-refractivity contribution in [2.24, 2.45) is 0 Å². The van der Waals surface area contributed by atoms with E-state index in [1.807, 2.05) is 6.07 Å². The monoisotopic (exact) mass is 385 g/mol. The molecule has 2 N–H and O–H groups in total. The van der Waals surface area contributed by atoms with Gasteiger partial charge in [0.2, 0.25) is 5.56 Å². The van der Waals surface area contributed by atoms with Gasteiger partial charge < -0.3 is 19.6 Å². The van der Waals surface area contributed by atoms with Gasteiger partial charge in [-0.25, -0.2) is 0 Å². The first-order chi connectivity index (χ1) is 13.1. The summed E-state index contributed by atoms with van der Waals surface area (Å²) in [5.74, 6) is -0.327. The van der Waals surface area contributed by atoms with Gasteiger partial charge in [0.15, 0.2) is 5.76 Å². The number of aromatic nitrogens is 1. The molecule has 3 rings (SSSR count). The Morgan fingerprint density at radius 2 is 1.93 bits per heavy atom. The highest BCUT2D eigenvalue weighted by molar-refractivity contribution is 7.18. The van der Waals surface area contributed by atoms with E-state index in [0.717, 1.165) is 12.8 Å². The highest BCUT2D eigenvalue weighted by Gasteiger charge is 2.13. The molecule has 0 bridgehead atoms. The third kappa shape index (κ3) is 5.18. The smallest absolute Gasteiger partial charge is 0.291 e. The van der Waals surface area contributed by atoms with E-state index in [-0.39, 0.29) is 23.1 Å². The molecule has 0 fully saturated rings. The number of nitrogens with zero attached hydrogens (tertiary/aromatic N) is 1. The van der Waals surface area contributed by atoms with Crippen LogP contribution >= 0.6 is 11.3 Å². The van der Waals surface area contributed by atoms with Gasteiger partial charge in [-0.05, 0) is 43.2 Å². The molecule has 0 unspecified atom stereocenters. The Balaban J connectivity index is 1.41. The lowest BCUT2D eigenvalue weighted by molar-refractivity contribution is 0.0955. The molecule has 3 aromatic heterocycles. The van der Waals surface area contributed by atoms with Crippen molar-refractivity contribution in [2.75, 3.05) is 11.9 Å². The number of amides is 2. The Morgan fingerprint density at radius 3 is 2.70 bits per heavy atom. The van der Waals surface area contributed by atoms with Crippen molar-refractivity contribution in [3.05, 3.63) is 75.9 Å². The number of pyridine rings is 1. The molecule has 140 valence electrons. The zero-order valence-electron chi connectivity index (χ0n) is 14.5. The van der Waals surface area contributed by atoms with Crippen LogP contribution in [0.15, 0.2) is 64.1 Å². The van der Waals surface area contributed by atoms with Gasteiger partial charge in [-0.2, -0.15) is 0 Å². The second-order valence-corrected chi connectivity index (χ2v) is 6.87. The second-order valence-electron chi connectivity index (χ2n) is 5.79. The van der Waals surface area contributed by atoms with Crippen LogP contribution in [0, 0.1) is 0 Å². The standard InChI is InChI=1S/C19H19N3O4S/c23-17-7-1-3-11-22(17)12-4-2-10-20-19(25)15-8-9-16(27-15)21-18(24)14-6-5-13-26-14/h1,3,5-9,11,13H,2,4,10,12H2,(H,20,25)(H,21,24). The van der Waals surface area contributed by atoms with Crippen molar-refractivity contribution in [1.82, 2.24) is 9.88 Å². The molecule has 0 spiro atoms. The molecule has 0 atom stereocenters. The molecule has 0 aromatic carbocycles. The van der Waals surface area contributed by atoms with Gasteiger partial charge in [0.05, 0.1) is 16.1 Å². The number of aryl methyl sites for hydroxylation is 1. The first-order valence-electron chi connectivity index (χ1n) is 8.52. The Morgan fingerprint density at radius 1 is 1.04 bits per heavy atom. The molecule has 0 aliphatic carbocycles. The average Bonchev–Trinajstić information content (AvgIpc) is 3.34. The number of carbonyl (C=O) groups excluding carboxylic acids is 2. The van der Waals surface area contributed by atoms with Crippen LogP contribution in [0.5, 0.6) is 0 Å². The molecule has 0 saturated carbocycles. The average molecular weight is 385 g/mol. The Kier molecular flexibility index (Phi) is 6.22. The van der Waals surface area contributed by atoms with Gasteiger partial charge in [0.1, 0.15) is 0 Å². The van der Waals surface area contributed by atoms with E-state index in [0.29, 0.717) is 23.0 Å². The summed E-state index contributed by atoms with van der Waals surface area (Å²) in [4.78, 5) is 36.2. The van der Waals surface area contributed by atoms with Gasteiger partial charge in [0.25, 0.3) is 11.8 Å². The first kappa shape index (κ1) is 18.7. The number of hydrogen-bond donors (Lipinski definition) is 2. The number of unbranched alkanes of at least 4 members (excludes halogenated alkanes) is 1. The van der Waals surface area contributed by atoms with Gasteiger partial charge in [-0.1, -0.05) is 6.07 Å². The highest BCUT2D eigenvalue weighted by atomic mass is 32.1. The summed E-state index contributed by atoms with van der Waals surface area (Å²) in [5.41, 5.74) is -0.0238. The lowest BCUT2D eigenvalue weighted by Crippen LogP contribution is -2.24. The molecule has 27 heavy (non-hydrogen) atoms. The molecule has 0 aliphatic rings. The van der Waals surface area contributed by atoms with Crippen LogP contribution in [0.3, 0.4) is 0 Å². The molecule has 7 nitrogen and oxygen atoms in total. The lowest BCUT2D eigenvalue weighted by atomic mass is 10.3. The predicted octanol–water partition coefficient (Wildman–Crippen LogP) is 2.97. The van der Waals surface area contributed by atoms with Crippen molar-refractivity contribution in [3.63, 3.8) is 0 Å². The molecule has 3 aromatic rings. The van der Waals surface area contributed by atoms with Gasteiger partial charge in [-0.15, -0.1) is 11.3 Å². The van der Waals surface area contributed by atoms with Crippen LogP contribution in [0.4, 0.5) is 5.00 Å². The maximum Gasteiger partial charge on any atom is 0.291 e. The van der Waals surface area contributed by atoms with E-state index in [9.17, 15) is 14.4 Å². The fraction of sp³-hybridized carbons (Fsp3) is 0.211. The second kappa shape index (κ2) is 9.00. The summed E-state index contributed by atoms with van der Waals surface area (Å²) in [6.45, 7) is 1.14. The molecule has 2 amide bonds. The maximum absolute atomic E-state index is 12.2. The largest absolute Gasteiger partial charge is 0.459 e. The van der Waals surface area contributed by atoms with Gasteiger partial charge >= 0.3 is 0 Å². The van der Waals surface area contributed by atoms with E-state index in [2.05, 4.69) is 10.6 Å². The maximum atomic E-state index is 12.2. The third-order valence-electron chi connectivity index (χ3n) is 3.82. The number of anilines is 1. The number of nitrogens with one attached hydrogen (secondary N) is 2. The fourth-order valence-corrected chi connectivity index (χ4v) is 3.27. The van der Waals surface area contributed by atoms with E-state index in [1.54, 1.807) is 41.1 Å². The van der Waals surface area contributed by atoms with Crippen LogP contribution in [0.1, 0.15) is 33.1 Å². The molecule has 0 aliphatic heterocycles. The number of rotatable bonds is 8. The summed E-state index contributed by atoms with van der Waals surface area (Å²) in [6, 6.07) is 11.6. The SMILES string of the molecule is O=C(Nc1ccc(C(=O)NCCCCn2ccccc2=O)s1)c1ccco1. The van der Waals surface area contributed by atoms with Crippen molar-refractivity contribution in [2.45, 2.75) is 19.4 Å². The van der Waals surface area contributed by atoms with Crippen molar-refractivity contribution in [3.8, 4) is 0 Å². The Hall–Kier alpha value is -3.13. The molecule has 8 heteroatoms. The minimum absolute atomic E-state index is 0.0238. The van der Waals surface area contributed by atoms with E-state index >= 15 is 0 Å². The minimum atomic E-state index is -0.357. The quantitative estimate of drug-likeness (QED) is 0.583. The molecule has 0 saturated heterocycles. The van der Waals surface area contributed by atoms with Crippen LogP contribution in [-0.2, 0) is 6.54 Å².